The molecule has 1 fully saturated rings. The molecule has 1 aliphatic carbocycles. The van der Waals surface area contributed by atoms with Gasteiger partial charge >= 0.3 is 0 Å². The first-order valence-electron chi connectivity index (χ1n) is 5.20. The second-order valence-corrected chi connectivity index (χ2v) is 3.91. The summed E-state index contributed by atoms with van der Waals surface area (Å²) in [6, 6.07) is -0.540. The smallest absolute Gasteiger partial charge is 0.237 e. The van der Waals surface area contributed by atoms with E-state index in [1.807, 2.05) is 0 Å². The monoisotopic (exact) mass is 194 g/mol. The molecular formula is C11H18N2O. The zero-order valence-corrected chi connectivity index (χ0v) is 8.46. The molecule has 1 unspecified atom stereocenters. The fourth-order valence-corrected chi connectivity index (χ4v) is 1.81. The highest BCUT2D eigenvalue weighted by Crippen LogP contribution is 2.23. The zero-order valence-electron chi connectivity index (χ0n) is 8.46. The summed E-state index contributed by atoms with van der Waals surface area (Å²) in [5, 5.41) is 2.85. The van der Waals surface area contributed by atoms with E-state index in [-0.39, 0.29) is 5.91 Å². The molecule has 0 radical (unpaired) electrons. The third-order valence-electron chi connectivity index (χ3n) is 2.71. The summed E-state index contributed by atoms with van der Waals surface area (Å²) < 4.78 is 0. The van der Waals surface area contributed by atoms with E-state index < -0.39 is 6.04 Å². The Bertz CT molecular complexity index is 226. The van der Waals surface area contributed by atoms with Crippen LogP contribution in [0, 0.1) is 18.3 Å². The van der Waals surface area contributed by atoms with Gasteiger partial charge in [0.25, 0.3) is 0 Å². The fraction of sp³-hybridized carbons (Fsp3) is 0.727. The quantitative estimate of drug-likeness (QED) is 0.645. The van der Waals surface area contributed by atoms with Gasteiger partial charge in [0.15, 0.2) is 0 Å². The van der Waals surface area contributed by atoms with E-state index >= 15 is 0 Å². The zero-order chi connectivity index (χ0) is 10.4. The first kappa shape index (κ1) is 11.1. The van der Waals surface area contributed by atoms with Crippen LogP contribution in [0.1, 0.15) is 32.1 Å². The predicted molar refractivity (Wildman–Crippen MR) is 56.4 cm³/mol. The van der Waals surface area contributed by atoms with Crippen LogP contribution in [0.5, 0.6) is 0 Å². The molecule has 0 bridgehead atoms. The molecule has 0 heterocycles. The molecule has 78 valence electrons. The van der Waals surface area contributed by atoms with Crippen molar-refractivity contribution in [3.05, 3.63) is 0 Å². The van der Waals surface area contributed by atoms with Crippen LogP contribution in [-0.2, 0) is 4.79 Å². The first-order chi connectivity index (χ1) is 6.74. The second kappa shape index (κ2) is 5.66. The molecule has 0 aromatic rings. The Labute approximate surface area is 85.4 Å². The molecule has 1 rings (SSSR count). The van der Waals surface area contributed by atoms with Crippen molar-refractivity contribution in [3.8, 4) is 12.3 Å². The van der Waals surface area contributed by atoms with Crippen molar-refractivity contribution in [2.24, 2.45) is 11.7 Å². The third-order valence-corrected chi connectivity index (χ3v) is 2.71. The molecule has 0 spiro atoms. The van der Waals surface area contributed by atoms with E-state index in [4.69, 9.17) is 12.2 Å². The lowest BCUT2D eigenvalue weighted by Gasteiger charge is -2.13. The molecule has 3 nitrogen and oxygen atoms in total. The van der Waals surface area contributed by atoms with E-state index in [0.29, 0.717) is 12.3 Å². The van der Waals surface area contributed by atoms with Crippen molar-refractivity contribution in [3.63, 3.8) is 0 Å². The minimum atomic E-state index is -0.540. The number of rotatable bonds is 4. The Morgan fingerprint density at radius 1 is 1.57 bits per heavy atom. The maximum Gasteiger partial charge on any atom is 0.237 e. The molecule has 0 saturated heterocycles. The summed E-state index contributed by atoms with van der Waals surface area (Å²) in [4.78, 5) is 11.4. The standard InChI is InChI=1S/C11H18N2O/c1-2-5-10(12)11(14)13-8-9-6-3-4-7-9/h1,9-10H,3-8,12H2,(H,13,14). The SMILES string of the molecule is C#CCC(N)C(=O)NCC1CCCC1. The van der Waals surface area contributed by atoms with E-state index in [0.717, 1.165) is 6.54 Å². The average molecular weight is 194 g/mol. The van der Waals surface area contributed by atoms with Crippen LogP contribution in [0.2, 0.25) is 0 Å². The summed E-state index contributed by atoms with van der Waals surface area (Å²) in [5.74, 6) is 2.92. The highest BCUT2D eigenvalue weighted by atomic mass is 16.2. The van der Waals surface area contributed by atoms with Crippen LogP contribution in [-0.4, -0.2) is 18.5 Å². The van der Waals surface area contributed by atoms with Gasteiger partial charge in [-0.3, -0.25) is 4.79 Å². The Kier molecular flexibility index (Phi) is 4.48. The minimum absolute atomic E-state index is 0.116. The molecule has 3 N–H and O–H groups in total. The third kappa shape index (κ3) is 3.39. The number of hydrogen-bond acceptors (Lipinski definition) is 2. The fourth-order valence-electron chi connectivity index (χ4n) is 1.81. The van der Waals surface area contributed by atoms with Crippen LogP contribution >= 0.6 is 0 Å². The summed E-state index contributed by atoms with van der Waals surface area (Å²) >= 11 is 0. The lowest BCUT2D eigenvalue weighted by Crippen LogP contribution is -2.41. The summed E-state index contributed by atoms with van der Waals surface area (Å²) in [6.07, 6.45) is 10.4. The molecule has 3 heteroatoms. The lowest BCUT2D eigenvalue weighted by molar-refractivity contribution is -0.122. The number of terminal acetylenes is 1. The first-order valence-corrected chi connectivity index (χ1v) is 5.20. The molecular weight excluding hydrogens is 176 g/mol. The number of carbonyl (C=O) groups excluding carboxylic acids is 1. The topological polar surface area (TPSA) is 55.1 Å². The van der Waals surface area contributed by atoms with Gasteiger partial charge in [-0.2, -0.15) is 0 Å². The van der Waals surface area contributed by atoms with Crippen LogP contribution in [0.25, 0.3) is 0 Å². The van der Waals surface area contributed by atoms with Crippen LogP contribution in [0.15, 0.2) is 0 Å². The van der Waals surface area contributed by atoms with Gasteiger partial charge in [0.05, 0.1) is 6.04 Å². The van der Waals surface area contributed by atoms with Crippen LogP contribution < -0.4 is 11.1 Å². The van der Waals surface area contributed by atoms with Crippen molar-refractivity contribution in [1.29, 1.82) is 0 Å². The molecule has 0 aliphatic heterocycles. The molecule has 1 aliphatic rings. The van der Waals surface area contributed by atoms with Crippen molar-refractivity contribution in [1.82, 2.24) is 5.32 Å². The van der Waals surface area contributed by atoms with Crippen molar-refractivity contribution < 1.29 is 4.79 Å². The Morgan fingerprint density at radius 2 is 2.21 bits per heavy atom. The molecule has 0 aromatic heterocycles. The highest BCUT2D eigenvalue weighted by Gasteiger charge is 2.17. The number of amides is 1. The maximum atomic E-state index is 11.4. The predicted octanol–water partition coefficient (Wildman–Crippen LogP) is 0.643. The Hall–Kier alpha value is -1.01. The summed E-state index contributed by atoms with van der Waals surface area (Å²) in [6.45, 7) is 0.761. The van der Waals surface area contributed by atoms with E-state index in [1.165, 1.54) is 25.7 Å². The van der Waals surface area contributed by atoms with Crippen molar-refractivity contribution in [2.75, 3.05) is 6.54 Å². The average Bonchev–Trinajstić information content (AvgIpc) is 2.67. The number of nitrogens with two attached hydrogens (primary N) is 1. The molecule has 1 amide bonds. The Morgan fingerprint density at radius 3 is 2.79 bits per heavy atom. The van der Waals surface area contributed by atoms with Crippen LogP contribution in [0.4, 0.5) is 0 Å². The molecule has 0 aromatic carbocycles. The number of hydrogen-bond donors (Lipinski definition) is 2. The number of nitrogens with one attached hydrogen (secondary N) is 1. The van der Waals surface area contributed by atoms with E-state index in [2.05, 4.69) is 11.2 Å². The maximum absolute atomic E-state index is 11.4. The highest BCUT2D eigenvalue weighted by molar-refractivity contribution is 5.81. The van der Waals surface area contributed by atoms with Gasteiger partial charge in [-0.1, -0.05) is 12.8 Å². The second-order valence-electron chi connectivity index (χ2n) is 3.91. The Balaban J connectivity index is 2.17. The van der Waals surface area contributed by atoms with Gasteiger partial charge in [0, 0.05) is 13.0 Å². The normalized spacial score (nSPS) is 18.9. The largest absolute Gasteiger partial charge is 0.354 e. The van der Waals surface area contributed by atoms with E-state index in [9.17, 15) is 4.79 Å². The summed E-state index contributed by atoms with van der Waals surface area (Å²) in [5.41, 5.74) is 5.56. The lowest BCUT2D eigenvalue weighted by atomic mass is 10.1. The molecule has 1 atom stereocenters. The van der Waals surface area contributed by atoms with Gasteiger partial charge in [-0.25, -0.2) is 0 Å². The molecule has 1 saturated carbocycles. The summed E-state index contributed by atoms with van der Waals surface area (Å²) in [7, 11) is 0. The van der Waals surface area contributed by atoms with Gasteiger partial charge in [-0.15, -0.1) is 12.3 Å². The minimum Gasteiger partial charge on any atom is -0.354 e. The van der Waals surface area contributed by atoms with Crippen LogP contribution in [0.3, 0.4) is 0 Å². The van der Waals surface area contributed by atoms with Gasteiger partial charge in [0.2, 0.25) is 5.91 Å². The van der Waals surface area contributed by atoms with Gasteiger partial charge in [-0.05, 0) is 18.8 Å². The van der Waals surface area contributed by atoms with Gasteiger partial charge in [0.1, 0.15) is 0 Å². The van der Waals surface area contributed by atoms with Crippen molar-refractivity contribution >= 4 is 5.91 Å². The molecule has 14 heavy (non-hydrogen) atoms. The van der Waals surface area contributed by atoms with E-state index in [1.54, 1.807) is 0 Å². The number of carbonyl (C=O) groups is 1. The van der Waals surface area contributed by atoms with Gasteiger partial charge < -0.3 is 11.1 Å². The van der Waals surface area contributed by atoms with Crippen molar-refractivity contribution in [2.45, 2.75) is 38.1 Å².